The van der Waals surface area contributed by atoms with Gasteiger partial charge < -0.3 is 14.2 Å². The molecule has 1 fully saturated rings. The fourth-order valence-corrected chi connectivity index (χ4v) is 3.46. The van der Waals surface area contributed by atoms with Crippen LogP contribution in [0.25, 0.3) is 0 Å². The highest BCUT2D eigenvalue weighted by Crippen LogP contribution is 2.32. The molecule has 26 heavy (non-hydrogen) atoms. The van der Waals surface area contributed by atoms with Crippen LogP contribution in [0.2, 0.25) is 0 Å². The zero-order chi connectivity index (χ0) is 18.7. The summed E-state index contributed by atoms with van der Waals surface area (Å²) in [7, 11) is 0. The molecule has 1 aromatic heterocycles. The third-order valence-electron chi connectivity index (χ3n) is 4.86. The van der Waals surface area contributed by atoms with Gasteiger partial charge >= 0.3 is 6.09 Å². The van der Waals surface area contributed by atoms with E-state index in [0.717, 1.165) is 37.4 Å². The molecule has 1 saturated heterocycles. The van der Waals surface area contributed by atoms with Crippen LogP contribution >= 0.6 is 0 Å². The first kappa shape index (κ1) is 18.6. The van der Waals surface area contributed by atoms with Crippen LogP contribution in [0, 0.1) is 5.92 Å². The zero-order valence-corrected chi connectivity index (χ0v) is 16.2. The lowest BCUT2D eigenvalue weighted by atomic mass is 9.86. The van der Waals surface area contributed by atoms with Gasteiger partial charge in [-0.05, 0) is 33.1 Å². The van der Waals surface area contributed by atoms with Gasteiger partial charge in [-0.25, -0.2) is 9.78 Å². The molecule has 0 spiro atoms. The molecular weight excluding hydrogens is 330 g/mol. The molecule has 2 aliphatic rings. The van der Waals surface area contributed by atoms with Crippen LogP contribution in [0.15, 0.2) is 16.2 Å². The Balaban J connectivity index is 1.81. The van der Waals surface area contributed by atoms with Crippen molar-refractivity contribution in [1.82, 2.24) is 14.5 Å². The molecule has 0 bridgehead atoms. The zero-order valence-electron chi connectivity index (χ0n) is 16.2. The number of fused-ring (bicyclic) bond motifs is 1. The van der Waals surface area contributed by atoms with Gasteiger partial charge in [-0.15, -0.1) is 0 Å². The first-order valence-electron chi connectivity index (χ1n) is 9.36. The molecule has 1 aromatic rings. The molecule has 0 saturated carbocycles. The van der Waals surface area contributed by atoms with Crippen LogP contribution in [0.4, 0.5) is 4.79 Å². The van der Waals surface area contributed by atoms with Crippen LogP contribution in [0.1, 0.15) is 58.0 Å². The van der Waals surface area contributed by atoms with Crippen molar-refractivity contribution in [2.45, 2.75) is 58.6 Å². The van der Waals surface area contributed by atoms with E-state index in [4.69, 9.17) is 9.72 Å². The number of piperidine rings is 1. The Morgan fingerprint density at radius 2 is 2.08 bits per heavy atom. The lowest BCUT2D eigenvalue weighted by Gasteiger charge is -2.37. The van der Waals surface area contributed by atoms with Gasteiger partial charge in [0.25, 0.3) is 0 Å². The van der Waals surface area contributed by atoms with E-state index >= 15 is 0 Å². The Kier molecular flexibility index (Phi) is 5.44. The van der Waals surface area contributed by atoms with Crippen molar-refractivity contribution in [2.75, 3.05) is 19.8 Å². The highest BCUT2D eigenvalue weighted by molar-refractivity contribution is 5.77. The van der Waals surface area contributed by atoms with E-state index in [2.05, 4.69) is 21.5 Å². The minimum atomic E-state index is -0.480. The third kappa shape index (κ3) is 4.31. The molecule has 0 aromatic carbocycles. The topological polar surface area (TPSA) is 72.1 Å². The van der Waals surface area contributed by atoms with Gasteiger partial charge in [0.2, 0.25) is 0 Å². The SMILES string of the molecule is CC1CCN(C(=O)OC(C)(C)C)CC1c1ncc2n1CCC=NCN=C2. The Hall–Kier alpha value is -2.18. The number of aliphatic imine (C=N–C) groups is 2. The van der Waals surface area contributed by atoms with Gasteiger partial charge in [-0.3, -0.25) is 9.98 Å². The molecule has 7 nitrogen and oxygen atoms in total. The summed E-state index contributed by atoms with van der Waals surface area (Å²) in [5.74, 6) is 1.68. The van der Waals surface area contributed by atoms with Crippen LogP contribution in [0.3, 0.4) is 0 Å². The largest absolute Gasteiger partial charge is 0.444 e. The van der Waals surface area contributed by atoms with Gasteiger partial charge in [0.05, 0.1) is 11.9 Å². The Labute approximate surface area is 155 Å². The van der Waals surface area contributed by atoms with E-state index < -0.39 is 5.60 Å². The average Bonchev–Trinajstić information content (AvgIpc) is 2.98. The van der Waals surface area contributed by atoms with Crippen molar-refractivity contribution < 1.29 is 9.53 Å². The summed E-state index contributed by atoms with van der Waals surface area (Å²) < 4.78 is 7.79. The highest BCUT2D eigenvalue weighted by atomic mass is 16.6. The second-order valence-electron chi connectivity index (χ2n) is 8.10. The number of rotatable bonds is 1. The van der Waals surface area contributed by atoms with Crippen LogP contribution < -0.4 is 0 Å². The van der Waals surface area contributed by atoms with Crippen molar-refractivity contribution in [2.24, 2.45) is 15.9 Å². The summed E-state index contributed by atoms with van der Waals surface area (Å²) in [5, 5.41) is 0. The highest BCUT2D eigenvalue weighted by Gasteiger charge is 2.34. The standard InChI is InChI=1S/C19H29N5O2/c1-14-6-9-23(18(25)26-19(2,3)4)12-16(14)17-22-11-15-10-21-13-20-7-5-8-24(15)17/h7,10-11,14,16H,5-6,8-9,12-13H2,1-4H3. The molecule has 1 amide bonds. The molecule has 0 aliphatic carbocycles. The van der Waals surface area contributed by atoms with Crippen LogP contribution in [-0.2, 0) is 11.3 Å². The van der Waals surface area contributed by atoms with E-state index in [-0.39, 0.29) is 12.0 Å². The average molecular weight is 359 g/mol. The summed E-state index contributed by atoms with van der Waals surface area (Å²) in [6.07, 6.45) is 7.22. The number of nitrogens with zero attached hydrogens (tertiary/aromatic N) is 5. The third-order valence-corrected chi connectivity index (χ3v) is 4.86. The number of hydrogen-bond acceptors (Lipinski definition) is 5. The van der Waals surface area contributed by atoms with Gasteiger partial charge in [0.1, 0.15) is 18.1 Å². The van der Waals surface area contributed by atoms with Gasteiger partial charge in [0, 0.05) is 44.4 Å². The van der Waals surface area contributed by atoms with Crippen molar-refractivity contribution in [3.8, 4) is 0 Å². The predicted octanol–water partition coefficient (Wildman–Crippen LogP) is 3.09. The van der Waals surface area contributed by atoms with Crippen molar-refractivity contribution >= 4 is 18.5 Å². The Morgan fingerprint density at radius 3 is 2.85 bits per heavy atom. The van der Waals surface area contributed by atoms with Crippen LogP contribution in [-0.4, -0.2) is 58.3 Å². The quantitative estimate of drug-likeness (QED) is 0.773. The normalized spacial score (nSPS) is 23.8. The smallest absolute Gasteiger partial charge is 0.410 e. The maximum Gasteiger partial charge on any atom is 0.410 e. The summed E-state index contributed by atoms with van der Waals surface area (Å²) in [6, 6.07) is 0. The Bertz CT molecular complexity index is 701. The molecule has 7 heteroatoms. The van der Waals surface area contributed by atoms with Crippen molar-refractivity contribution in [3.05, 3.63) is 17.7 Å². The summed E-state index contributed by atoms with van der Waals surface area (Å²) in [5.41, 5.74) is 0.527. The summed E-state index contributed by atoms with van der Waals surface area (Å²) in [6.45, 7) is 10.6. The number of hydrogen-bond donors (Lipinski definition) is 0. The Morgan fingerprint density at radius 1 is 1.27 bits per heavy atom. The van der Waals surface area contributed by atoms with E-state index in [1.165, 1.54) is 0 Å². The van der Waals surface area contributed by atoms with Crippen LogP contribution in [0.5, 0.6) is 0 Å². The second-order valence-corrected chi connectivity index (χ2v) is 8.10. The number of carbonyl (C=O) groups excluding carboxylic acids is 1. The fraction of sp³-hybridized carbons (Fsp3) is 0.684. The van der Waals surface area contributed by atoms with Gasteiger partial charge in [-0.2, -0.15) is 0 Å². The molecule has 2 aliphatic heterocycles. The maximum absolute atomic E-state index is 12.5. The molecular formula is C19H29N5O2. The molecule has 3 rings (SSSR count). The fourth-order valence-electron chi connectivity index (χ4n) is 3.46. The van der Waals surface area contributed by atoms with Gasteiger partial charge in [-0.1, -0.05) is 6.92 Å². The molecule has 2 atom stereocenters. The first-order chi connectivity index (χ1) is 12.3. The first-order valence-corrected chi connectivity index (χ1v) is 9.36. The molecule has 2 unspecified atom stereocenters. The molecule has 0 radical (unpaired) electrons. The van der Waals surface area contributed by atoms with Crippen molar-refractivity contribution in [3.63, 3.8) is 0 Å². The predicted molar refractivity (Wildman–Crippen MR) is 102 cm³/mol. The second kappa shape index (κ2) is 7.60. The van der Waals surface area contributed by atoms with E-state index in [9.17, 15) is 4.79 Å². The summed E-state index contributed by atoms with van der Waals surface area (Å²) in [4.78, 5) is 27.6. The van der Waals surface area contributed by atoms with Gasteiger partial charge in [0.15, 0.2) is 0 Å². The van der Waals surface area contributed by atoms with Crippen molar-refractivity contribution in [1.29, 1.82) is 0 Å². The number of carbonyl (C=O) groups is 1. The van der Waals surface area contributed by atoms with E-state index in [0.29, 0.717) is 19.1 Å². The van der Waals surface area contributed by atoms with E-state index in [1.54, 1.807) is 0 Å². The maximum atomic E-state index is 12.5. The van der Waals surface area contributed by atoms with E-state index in [1.807, 2.05) is 44.3 Å². The molecule has 0 N–H and O–H groups in total. The monoisotopic (exact) mass is 359 g/mol. The molecule has 142 valence electrons. The number of imidazole rings is 1. The lowest BCUT2D eigenvalue weighted by Crippen LogP contribution is -2.45. The number of amides is 1. The number of ether oxygens (including phenoxy) is 1. The minimum Gasteiger partial charge on any atom is -0.444 e. The lowest BCUT2D eigenvalue weighted by molar-refractivity contribution is 0.0159. The molecule has 3 heterocycles. The number of aromatic nitrogens is 2. The minimum absolute atomic E-state index is 0.191. The number of likely N-dealkylation sites (tertiary alicyclic amines) is 1. The summed E-state index contributed by atoms with van der Waals surface area (Å²) >= 11 is 0.